The third kappa shape index (κ3) is 8.51. The zero-order valence-corrected chi connectivity index (χ0v) is 27.3. The minimum absolute atomic E-state index is 0.00669. The number of carbonyl (C=O) groups is 3. The Labute approximate surface area is 270 Å². The summed E-state index contributed by atoms with van der Waals surface area (Å²) in [5.74, 6) is -0.300. The molecule has 1 aliphatic heterocycles. The molecule has 3 aromatic carbocycles. The van der Waals surface area contributed by atoms with E-state index in [-0.39, 0.29) is 42.7 Å². The molecule has 0 aromatic heterocycles. The zero-order valence-electron chi connectivity index (χ0n) is 26.5. The first-order valence-corrected chi connectivity index (χ1v) is 16.6. The second-order valence-electron chi connectivity index (χ2n) is 11.5. The summed E-state index contributed by atoms with van der Waals surface area (Å²) >= 11 is 0. The largest absolute Gasteiger partial charge is 0.497 e. The molecule has 0 saturated carbocycles. The van der Waals surface area contributed by atoms with Gasteiger partial charge in [0.25, 0.3) is 5.91 Å². The molecule has 246 valence electrons. The number of hydrogen-bond acceptors (Lipinski definition) is 8. The summed E-state index contributed by atoms with van der Waals surface area (Å²) in [6.07, 6.45) is -2.35. The number of benzene rings is 3. The Morgan fingerprint density at radius 3 is 2.39 bits per heavy atom. The van der Waals surface area contributed by atoms with Crippen LogP contribution in [0.2, 0.25) is 0 Å². The van der Waals surface area contributed by atoms with Crippen molar-refractivity contribution < 1.29 is 37.4 Å². The number of Topliss-reactive ketones (excluding diaryl/α,β-unsaturated/α-hetero) is 1. The number of methoxy groups -OCH3 is 1. The summed E-state index contributed by atoms with van der Waals surface area (Å²) in [7, 11) is -2.53. The molecule has 0 radical (unpaired) electrons. The molecule has 0 spiro atoms. The summed E-state index contributed by atoms with van der Waals surface area (Å²) in [6.45, 7) is 5.07. The number of ether oxygens (including phenoxy) is 2. The van der Waals surface area contributed by atoms with E-state index in [2.05, 4.69) is 5.32 Å². The summed E-state index contributed by atoms with van der Waals surface area (Å²) in [5, 5.41) is 14.4. The number of anilines is 1. The van der Waals surface area contributed by atoms with Crippen molar-refractivity contribution in [2.45, 2.75) is 56.8 Å². The van der Waals surface area contributed by atoms with Crippen LogP contribution in [0.5, 0.6) is 5.75 Å². The van der Waals surface area contributed by atoms with Crippen molar-refractivity contribution in [3.05, 3.63) is 90.0 Å². The number of ketones is 1. The van der Waals surface area contributed by atoms with E-state index in [0.717, 1.165) is 5.56 Å². The summed E-state index contributed by atoms with van der Waals surface area (Å²) < 4.78 is 39.4. The van der Waals surface area contributed by atoms with Gasteiger partial charge < -0.3 is 19.9 Å². The van der Waals surface area contributed by atoms with Crippen LogP contribution in [0.3, 0.4) is 0 Å². The fourth-order valence-corrected chi connectivity index (χ4v) is 6.69. The van der Waals surface area contributed by atoms with Gasteiger partial charge in [-0.25, -0.2) is 13.2 Å². The number of amides is 2. The van der Waals surface area contributed by atoms with Crippen molar-refractivity contribution in [3.8, 4) is 5.75 Å². The van der Waals surface area contributed by atoms with Gasteiger partial charge in [-0.05, 0) is 61.2 Å². The SMILES string of the molecule is CC[C@H](C)CN(C[C@@H](O)[C@H](Cc1ccccc1)NC(=O)[C@@H]1CN(c2cccc(C(C)=O)c2)C(=O)O1)S(=O)(=O)c1ccc(OC)cc1. The molecule has 0 aliphatic carbocycles. The monoisotopic (exact) mass is 651 g/mol. The van der Waals surface area contributed by atoms with Crippen LogP contribution in [-0.2, 0) is 26.0 Å². The molecular weight excluding hydrogens is 610 g/mol. The molecule has 0 unspecified atom stereocenters. The quantitative estimate of drug-likeness (QED) is 0.235. The standard InChI is InChI=1S/C34H41N3O8S/c1-5-23(2)20-36(46(42,43)29-16-14-28(44-4)15-17-29)21-31(39)30(18-25-10-7-6-8-11-25)35-33(40)32-22-37(34(41)45-32)27-13-9-12-26(19-27)24(3)38/h6-17,19,23,30-32,39H,5,18,20-22H2,1-4H3,(H,35,40)/t23-,30-,31+,32-/m0/s1. The van der Waals surface area contributed by atoms with Gasteiger partial charge in [0.15, 0.2) is 11.9 Å². The minimum atomic E-state index is -4.03. The molecule has 0 bridgehead atoms. The molecule has 2 amide bonds. The molecule has 1 aliphatic rings. The van der Waals surface area contributed by atoms with E-state index in [1.807, 2.05) is 44.2 Å². The molecular formula is C34H41N3O8S. The number of aliphatic hydroxyl groups is 1. The van der Waals surface area contributed by atoms with Crippen molar-refractivity contribution in [1.82, 2.24) is 9.62 Å². The number of aliphatic hydroxyl groups excluding tert-OH is 1. The number of nitrogens with one attached hydrogen (secondary N) is 1. The number of cyclic esters (lactones) is 1. The second-order valence-corrected chi connectivity index (χ2v) is 13.4. The van der Waals surface area contributed by atoms with Crippen molar-refractivity contribution in [2.75, 3.05) is 31.6 Å². The molecule has 2 N–H and O–H groups in total. The molecule has 12 heteroatoms. The molecule has 1 heterocycles. The molecule has 1 saturated heterocycles. The lowest BCUT2D eigenvalue weighted by atomic mass is 10.0. The van der Waals surface area contributed by atoms with Crippen molar-refractivity contribution in [2.24, 2.45) is 5.92 Å². The van der Waals surface area contributed by atoms with Crippen LogP contribution in [-0.4, -0.2) is 80.6 Å². The van der Waals surface area contributed by atoms with Crippen LogP contribution in [0.1, 0.15) is 43.1 Å². The fourth-order valence-electron chi connectivity index (χ4n) is 5.11. The van der Waals surface area contributed by atoms with E-state index in [1.54, 1.807) is 36.4 Å². The van der Waals surface area contributed by atoms with E-state index < -0.39 is 40.3 Å². The first-order chi connectivity index (χ1) is 21.9. The predicted molar refractivity (Wildman–Crippen MR) is 173 cm³/mol. The van der Waals surface area contributed by atoms with Crippen molar-refractivity contribution in [3.63, 3.8) is 0 Å². The van der Waals surface area contributed by atoms with Gasteiger partial charge >= 0.3 is 6.09 Å². The van der Waals surface area contributed by atoms with Crippen LogP contribution in [0, 0.1) is 5.92 Å². The lowest BCUT2D eigenvalue weighted by molar-refractivity contribution is -0.129. The van der Waals surface area contributed by atoms with Gasteiger partial charge in [0.2, 0.25) is 10.0 Å². The molecule has 4 atom stereocenters. The average Bonchev–Trinajstić information content (AvgIpc) is 3.46. The smallest absolute Gasteiger partial charge is 0.415 e. The number of nitrogens with zero attached hydrogens (tertiary/aromatic N) is 2. The number of sulfonamides is 1. The van der Waals surface area contributed by atoms with Gasteiger partial charge in [0, 0.05) is 24.3 Å². The van der Waals surface area contributed by atoms with Gasteiger partial charge in [0.1, 0.15) is 5.75 Å². The van der Waals surface area contributed by atoms with Gasteiger partial charge in [-0.3, -0.25) is 14.5 Å². The predicted octanol–water partition coefficient (Wildman–Crippen LogP) is 4.05. The van der Waals surface area contributed by atoms with E-state index in [0.29, 0.717) is 23.4 Å². The Balaban J connectivity index is 1.56. The first-order valence-electron chi connectivity index (χ1n) is 15.2. The first kappa shape index (κ1) is 34.6. The Hall–Kier alpha value is -4.26. The minimum Gasteiger partial charge on any atom is -0.497 e. The Bertz CT molecular complexity index is 1610. The second kappa shape index (κ2) is 15.4. The topological polar surface area (TPSA) is 143 Å². The summed E-state index contributed by atoms with van der Waals surface area (Å²) in [4.78, 5) is 39.4. The Morgan fingerprint density at radius 2 is 1.76 bits per heavy atom. The number of hydrogen-bond donors (Lipinski definition) is 2. The third-order valence-electron chi connectivity index (χ3n) is 8.06. The normalized spacial score (nSPS) is 16.9. The highest BCUT2D eigenvalue weighted by atomic mass is 32.2. The Morgan fingerprint density at radius 1 is 1.07 bits per heavy atom. The van der Waals surface area contributed by atoms with Crippen molar-refractivity contribution >= 4 is 33.5 Å². The van der Waals surface area contributed by atoms with Crippen molar-refractivity contribution in [1.29, 1.82) is 0 Å². The van der Waals surface area contributed by atoms with Gasteiger partial charge in [-0.15, -0.1) is 0 Å². The van der Waals surface area contributed by atoms with E-state index in [4.69, 9.17) is 9.47 Å². The molecule has 11 nitrogen and oxygen atoms in total. The van der Waals surface area contributed by atoms with E-state index in [1.165, 1.54) is 35.4 Å². The Kier molecular flexibility index (Phi) is 11.5. The van der Waals surface area contributed by atoms with Crippen LogP contribution in [0.15, 0.2) is 83.8 Å². The van der Waals surface area contributed by atoms with Crippen LogP contribution in [0.25, 0.3) is 0 Å². The van der Waals surface area contributed by atoms with Crippen LogP contribution >= 0.6 is 0 Å². The molecule has 1 fully saturated rings. The maximum Gasteiger partial charge on any atom is 0.415 e. The maximum atomic E-state index is 13.8. The van der Waals surface area contributed by atoms with Gasteiger partial charge in [-0.2, -0.15) is 4.31 Å². The maximum absolute atomic E-state index is 13.8. The highest BCUT2D eigenvalue weighted by Crippen LogP contribution is 2.25. The summed E-state index contributed by atoms with van der Waals surface area (Å²) in [5.41, 5.74) is 1.64. The summed E-state index contributed by atoms with van der Waals surface area (Å²) in [6, 6.07) is 20.8. The van der Waals surface area contributed by atoms with Crippen LogP contribution in [0.4, 0.5) is 10.5 Å². The van der Waals surface area contributed by atoms with E-state index in [9.17, 15) is 27.9 Å². The fraction of sp³-hybridized carbons (Fsp3) is 0.382. The lowest BCUT2D eigenvalue weighted by Gasteiger charge is -2.31. The van der Waals surface area contributed by atoms with Gasteiger partial charge in [-0.1, -0.05) is 62.7 Å². The van der Waals surface area contributed by atoms with E-state index >= 15 is 0 Å². The molecule has 3 aromatic rings. The molecule has 46 heavy (non-hydrogen) atoms. The third-order valence-corrected chi connectivity index (χ3v) is 9.91. The van der Waals surface area contributed by atoms with Gasteiger partial charge in [0.05, 0.1) is 30.7 Å². The molecule has 4 rings (SSSR count). The average molecular weight is 652 g/mol. The van der Waals surface area contributed by atoms with Crippen LogP contribution < -0.4 is 15.0 Å². The highest BCUT2D eigenvalue weighted by Gasteiger charge is 2.39. The lowest BCUT2D eigenvalue weighted by Crippen LogP contribution is -2.53. The number of carbonyl (C=O) groups excluding carboxylic acids is 3. The number of rotatable bonds is 15. The zero-order chi connectivity index (χ0) is 33.4. The highest BCUT2D eigenvalue weighted by molar-refractivity contribution is 7.89.